The molecular weight excluding hydrogens is 190 g/mol. The molecule has 0 rings (SSSR count). The van der Waals surface area contributed by atoms with E-state index in [1.165, 1.54) is 12.8 Å². The van der Waals surface area contributed by atoms with Gasteiger partial charge in [-0.05, 0) is 12.8 Å². The lowest BCUT2D eigenvalue weighted by molar-refractivity contribution is -0.139. The van der Waals surface area contributed by atoms with Crippen molar-refractivity contribution in [2.75, 3.05) is 0 Å². The van der Waals surface area contributed by atoms with Gasteiger partial charge in [0, 0.05) is 6.42 Å². The lowest BCUT2D eigenvalue weighted by atomic mass is 10.1. The first-order valence-electron chi connectivity index (χ1n) is 6.19. The molecule has 0 saturated heterocycles. The fourth-order valence-electron chi connectivity index (χ4n) is 1.35. The summed E-state index contributed by atoms with van der Waals surface area (Å²) in [6, 6.07) is 0. The number of carbonyl (C=O) groups is 1. The van der Waals surface area contributed by atoms with Crippen LogP contribution in [0.15, 0.2) is 0 Å². The van der Waals surface area contributed by atoms with E-state index in [0.29, 0.717) is 6.42 Å². The molecule has 0 aliphatic rings. The van der Waals surface area contributed by atoms with Gasteiger partial charge in [-0.25, -0.2) is 5.48 Å². The second kappa shape index (κ2) is 9.97. The summed E-state index contributed by atoms with van der Waals surface area (Å²) in [5.41, 5.74) is 2.51. The topological polar surface area (TPSA) is 38.3 Å². The van der Waals surface area contributed by atoms with Gasteiger partial charge in [0.25, 0.3) is 0 Å². The van der Waals surface area contributed by atoms with Crippen molar-refractivity contribution >= 4 is 5.91 Å². The minimum absolute atomic E-state index is 0.0343. The van der Waals surface area contributed by atoms with Crippen molar-refractivity contribution in [1.82, 2.24) is 5.48 Å². The average Bonchev–Trinajstić information content (AvgIpc) is 2.27. The number of carbonyl (C=O) groups excluding carboxylic acids is 1. The van der Waals surface area contributed by atoms with Gasteiger partial charge >= 0.3 is 0 Å². The summed E-state index contributed by atoms with van der Waals surface area (Å²) < 4.78 is 0. The second-order valence-electron chi connectivity index (χ2n) is 3.90. The van der Waals surface area contributed by atoms with Gasteiger partial charge in [0.15, 0.2) is 0 Å². The summed E-state index contributed by atoms with van der Waals surface area (Å²) in [7, 11) is 0. The maximum absolute atomic E-state index is 11.0. The first-order chi connectivity index (χ1) is 7.24. The third-order valence-electron chi connectivity index (χ3n) is 2.42. The van der Waals surface area contributed by atoms with Crippen molar-refractivity contribution in [1.29, 1.82) is 0 Å². The molecule has 0 aromatic rings. The van der Waals surface area contributed by atoms with Crippen LogP contribution in [0.3, 0.4) is 0 Å². The Morgan fingerprint density at radius 3 is 2.07 bits per heavy atom. The van der Waals surface area contributed by atoms with Crippen LogP contribution in [-0.2, 0) is 9.63 Å². The number of nitrogens with one attached hydrogen (secondary N) is 1. The fraction of sp³-hybridized carbons (Fsp3) is 0.917. The molecule has 1 amide bonds. The molecule has 0 aromatic carbocycles. The molecule has 3 nitrogen and oxygen atoms in total. The maximum atomic E-state index is 11.0. The standard InChI is InChI=1S/C12H25NO2/c1-4-7-9-11(10-8-5-2)15-13-12(14)6-3/h11H,4-10H2,1-3H3,(H,13,14). The Kier molecular flexibility index (Phi) is 9.59. The Hall–Kier alpha value is -0.570. The van der Waals surface area contributed by atoms with Crippen molar-refractivity contribution in [3.8, 4) is 0 Å². The molecule has 0 atom stereocenters. The number of hydrogen-bond acceptors (Lipinski definition) is 2. The average molecular weight is 215 g/mol. The molecule has 3 heteroatoms. The van der Waals surface area contributed by atoms with Gasteiger partial charge in [-0.2, -0.15) is 0 Å². The molecule has 0 radical (unpaired) electrons. The van der Waals surface area contributed by atoms with Crippen molar-refractivity contribution in [3.05, 3.63) is 0 Å². The minimum Gasteiger partial charge on any atom is -0.273 e. The van der Waals surface area contributed by atoms with Gasteiger partial charge in [0.1, 0.15) is 0 Å². The SMILES string of the molecule is CCCCC(CCCC)ONC(=O)CC. The van der Waals surface area contributed by atoms with Gasteiger partial charge in [-0.1, -0.05) is 46.5 Å². The number of hydroxylamine groups is 1. The minimum atomic E-state index is -0.0343. The molecule has 0 aromatic heterocycles. The van der Waals surface area contributed by atoms with E-state index in [2.05, 4.69) is 19.3 Å². The number of amides is 1. The quantitative estimate of drug-likeness (QED) is 0.600. The largest absolute Gasteiger partial charge is 0.273 e. The molecule has 0 heterocycles. The van der Waals surface area contributed by atoms with Gasteiger partial charge in [0.05, 0.1) is 6.10 Å². The molecular formula is C12H25NO2. The Morgan fingerprint density at radius 2 is 1.67 bits per heavy atom. The van der Waals surface area contributed by atoms with Gasteiger partial charge < -0.3 is 0 Å². The van der Waals surface area contributed by atoms with Crippen LogP contribution in [0.5, 0.6) is 0 Å². The molecule has 0 unspecified atom stereocenters. The highest BCUT2D eigenvalue weighted by Gasteiger charge is 2.09. The zero-order valence-electron chi connectivity index (χ0n) is 10.3. The smallest absolute Gasteiger partial charge is 0.243 e. The molecule has 0 aliphatic heterocycles. The van der Waals surface area contributed by atoms with E-state index in [0.717, 1.165) is 25.7 Å². The van der Waals surface area contributed by atoms with E-state index in [-0.39, 0.29) is 12.0 Å². The van der Waals surface area contributed by atoms with E-state index in [1.54, 1.807) is 0 Å². The van der Waals surface area contributed by atoms with Crippen LogP contribution in [0.4, 0.5) is 0 Å². The molecule has 0 saturated carbocycles. The van der Waals surface area contributed by atoms with Crippen LogP contribution in [0, 0.1) is 0 Å². The summed E-state index contributed by atoms with van der Waals surface area (Å²) in [5.74, 6) is -0.0343. The van der Waals surface area contributed by atoms with E-state index in [1.807, 2.05) is 6.92 Å². The zero-order chi connectivity index (χ0) is 11.5. The van der Waals surface area contributed by atoms with E-state index >= 15 is 0 Å². The van der Waals surface area contributed by atoms with Crippen molar-refractivity contribution in [3.63, 3.8) is 0 Å². The van der Waals surface area contributed by atoms with Gasteiger partial charge in [-0.15, -0.1) is 0 Å². The predicted molar refractivity (Wildman–Crippen MR) is 62.4 cm³/mol. The van der Waals surface area contributed by atoms with Crippen molar-refractivity contribution in [2.45, 2.75) is 71.8 Å². The number of unbranched alkanes of at least 4 members (excludes halogenated alkanes) is 2. The number of hydrogen-bond donors (Lipinski definition) is 1. The lowest BCUT2D eigenvalue weighted by Gasteiger charge is -2.16. The monoisotopic (exact) mass is 215 g/mol. The molecule has 0 fully saturated rings. The van der Waals surface area contributed by atoms with Crippen molar-refractivity contribution in [2.24, 2.45) is 0 Å². The van der Waals surface area contributed by atoms with Gasteiger partial charge in [0.2, 0.25) is 5.91 Å². The normalized spacial score (nSPS) is 10.7. The Balaban J connectivity index is 3.72. The molecule has 0 spiro atoms. The second-order valence-corrected chi connectivity index (χ2v) is 3.90. The molecule has 0 aliphatic carbocycles. The molecule has 0 bridgehead atoms. The zero-order valence-corrected chi connectivity index (χ0v) is 10.3. The Bertz CT molecular complexity index is 152. The van der Waals surface area contributed by atoms with Gasteiger partial charge in [-0.3, -0.25) is 9.63 Å². The first kappa shape index (κ1) is 14.4. The highest BCUT2D eigenvalue weighted by atomic mass is 16.7. The van der Waals surface area contributed by atoms with E-state index in [9.17, 15) is 4.79 Å². The van der Waals surface area contributed by atoms with Crippen LogP contribution >= 0.6 is 0 Å². The van der Waals surface area contributed by atoms with Crippen LogP contribution in [0.25, 0.3) is 0 Å². The summed E-state index contributed by atoms with van der Waals surface area (Å²) in [6.07, 6.45) is 7.43. The first-order valence-corrected chi connectivity index (χ1v) is 6.19. The number of rotatable bonds is 9. The summed E-state index contributed by atoms with van der Waals surface area (Å²) in [4.78, 5) is 16.4. The van der Waals surface area contributed by atoms with Crippen LogP contribution in [0.2, 0.25) is 0 Å². The third-order valence-corrected chi connectivity index (χ3v) is 2.42. The van der Waals surface area contributed by atoms with Crippen molar-refractivity contribution < 1.29 is 9.63 Å². The van der Waals surface area contributed by atoms with Crippen LogP contribution in [-0.4, -0.2) is 12.0 Å². The lowest BCUT2D eigenvalue weighted by Crippen LogP contribution is -2.29. The predicted octanol–water partition coefficient (Wildman–Crippen LogP) is 3.19. The summed E-state index contributed by atoms with van der Waals surface area (Å²) in [5, 5.41) is 0. The van der Waals surface area contributed by atoms with Crippen LogP contribution < -0.4 is 5.48 Å². The fourth-order valence-corrected chi connectivity index (χ4v) is 1.35. The summed E-state index contributed by atoms with van der Waals surface area (Å²) in [6.45, 7) is 6.16. The molecule has 15 heavy (non-hydrogen) atoms. The molecule has 1 N–H and O–H groups in total. The Labute approximate surface area is 93.5 Å². The van der Waals surface area contributed by atoms with E-state index in [4.69, 9.17) is 4.84 Å². The highest BCUT2D eigenvalue weighted by Crippen LogP contribution is 2.11. The maximum Gasteiger partial charge on any atom is 0.243 e. The summed E-state index contributed by atoms with van der Waals surface area (Å²) >= 11 is 0. The Morgan fingerprint density at radius 1 is 1.13 bits per heavy atom. The van der Waals surface area contributed by atoms with Crippen LogP contribution in [0.1, 0.15) is 65.7 Å². The third kappa shape index (κ3) is 8.43. The molecule has 90 valence electrons. The van der Waals surface area contributed by atoms with E-state index < -0.39 is 0 Å². The highest BCUT2D eigenvalue weighted by molar-refractivity contribution is 5.74.